The van der Waals surface area contributed by atoms with Gasteiger partial charge in [0, 0.05) is 23.6 Å². The van der Waals surface area contributed by atoms with Gasteiger partial charge in [0.1, 0.15) is 0 Å². The third kappa shape index (κ3) is 10.7. The topological polar surface area (TPSA) is 52.6 Å². The van der Waals surface area contributed by atoms with Crippen molar-refractivity contribution in [2.75, 3.05) is 20.9 Å². The average Bonchev–Trinajstić information content (AvgIpc) is 3.31. The van der Waals surface area contributed by atoms with Crippen molar-refractivity contribution in [3.8, 4) is 11.5 Å². The predicted molar refractivity (Wildman–Crippen MR) is 165 cm³/mol. The summed E-state index contributed by atoms with van der Waals surface area (Å²) in [5.41, 5.74) is 0. The highest BCUT2D eigenvalue weighted by molar-refractivity contribution is 7.96. The Morgan fingerprint density at radius 3 is 2.11 bits per heavy atom. The Hall–Kier alpha value is -2.40. The first-order valence-corrected chi connectivity index (χ1v) is 15.0. The van der Waals surface area contributed by atoms with E-state index in [1.54, 1.807) is 14.2 Å². The normalized spacial score (nSPS) is 12.1. The predicted octanol–water partition coefficient (Wildman–Crippen LogP) is 8.93. The van der Waals surface area contributed by atoms with Gasteiger partial charge in [-0.3, -0.25) is 9.59 Å². The van der Waals surface area contributed by atoms with Crippen molar-refractivity contribution in [1.29, 1.82) is 0 Å². The van der Waals surface area contributed by atoms with Crippen molar-refractivity contribution in [3.05, 3.63) is 83.3 Å². The van der Waals surface area contributed by atoms with Crippen LogP contribution in [0.2, 0.25) is 0 Å². The van der Waals surface area contributed by atoms with Gasteiger partial charge in [-0.25, -0.2) is 0 Å². The molecule has 196 valence electrons. The molecule has 0 bridgehead atoms. The van der Waals surface area contributed by atoms with Crippen LogP contribution in [0.3, 0.4) is 0 Å². The Morgan fingerprint density at radius 1 is 1.03 bits per heavy atom. The van der Waals surface area contributed by atoms with Crippen molar-refractivity contribution in [2.24, 2.45) is 0 Å². The van der Waals surface area contributed by atoms with E-state index >= 15 is 0 Å². The van der Waals surface area contributed by atoms with Crippen LogP contribution in [-0.4, -0.2) is 31.8 Å². The van der Waals surface area contributed by atoms with Gasteiger partial charge < -0.3 is 9.47 Å². The molecule has 0 aliphatic carbocycles. The summed E-state index contributed by atoms with van der Waals surface area (Å²) in [6.45, 7) is 17.9. The number of ketones is 1. The molecule has 0 fully saturated rings. The monoisotopic (exact) mass is 547 g/mol. The molecule has 0 amide bonds. The summed E-state index contributed by atoms with van der Waals surface area (Å²) in [6.07, 6.45) is 12.6. The Bertz CT molecular complexity index is 1070. The second kappa shape index (κ2) is 18.8. The lowest BCUT2D eigenvalue weighted by Crippen LogP contribution is -1.98. The van der Waals surface area contributed by atoms with Crippen LogP contribution in [-0.2, 0) is 4.79 Å². The SMILES string of the molecule is C=C/C=C(\C=C/C)[PH+](C)/C(C=C)=C/C.CC.COc1cc2cc(C(=O)CCC(=O)S)sc2cc1OC. The molecule has 0 saturated heterocycles. The molecule has 7 heteroatoms. The molecule has 4 nitrogen and oxygen atoms in total. The molecule has 0 N–H and O–H groups in total. The molecule has 1 unspecified atom stereocenters. The maximum atomic E-state index is 12.0. The Kier molecular flexibility index (Phi) is 17.6. The van der Waals surface area contributed by atoms with Gasteiger partial charge in [-0.15, -0.1) is 24.0 Å². The van der Waals surface area contributed by atoms with Crippen LogP contribution in [0.1, 0.15) is 50.2 Å². The summed E-state index contributed by atoms with van der Waals surface area (Å²) in [5, 5.41) is 3.36. The number of benzene rings is 1. The van der Waals surface area contributed by atoms with Crippen molar-refractivity contribution in [3.63, 3.8) is 0 Å². The number of fused-ring (bicyclic) bond motifs is 1. The fraction of sp³-hybridized carbons (Fsp3) is 0.310. The van der Waals surface area contributed by atoms with E-state index in [0.717, 1.165) is 10.1 Å². The lowest BCUT2D eigenvalue weighted by molar-refractivity contribution is -0.110. The average molecular weight is 548 g/mol. The van der Waals surface area contributed by atoms with Crippen molar-refractivity contribution in [2.45, 2.75) is 40.5 Å². The molecule has 0 radical (unpaired) electrons. The zero-order valence-corrected chi connectivity index (χ0v) is 25.2. The first kappa shape index (κ1) is 33.6. The van der Waals surface area contributed by atoms with Gasteiger partial charge in [0.15, 0.2) is 22.4 Å². The number of methoxy groups -OCH3 is 2. The maximum absolute atomic E-state index is 12.0. The van der Waals surface area contributed by atoms with E-state index in [-0.39, 0.29) is 23.7 Å². The minimum absolute atomic E-state index is 0.0495. The second-order valence-corrected chi connectivity index (χ2v) is 11.1. The van der Waals surface area contributed by atoms with Gasteiger partial charge in [0.25, 0.3) is 0 Å². The third-order valence-electron chi connectivity index (χ3n) is 4.90. The molecule has 2 aromatic rings. The quantitative estimate of drug-likeness (QED) is 0.132. The Balaban J connectivity index is 0.000000676. The Morgan fingerprint density at radius 2 is 1.64 bits per heavy atom. The van der Waals surface area contributed by atoms with Crippen LogP contribution in [0.4, 0.5) is 0 Å². The Labute approximate surface area is 227 Å². The van der Waals surface area contributed by atoms with Crippen molar-refractivity contribution >= 4 is 52.9 Å². The summed E-state index contributed by atoms with van der Waals surface area (Å²) >= 11 is 5.05. The highest BCUT2D eigenvalue weighted by atomic mass is 32.1. The van der Waals surface area contributed by atoms with Crippen LogP contribution in [0.5, 0.6) is 11.5 Å². The smallest absolute Gasteiger partial charge is 0.186 e. The number of thiophene rings is 1. The highest BCUT2D eigenvalue weighted by Crippen LogP contribution is 2.49. The molecule has 1 atom stereocenters. The molecule has 36 heavy (non-hydrogen) atoms. The molecule has 1 heterocycles. The minimum Gasteiger partial charge on any atom is -0.493 e. The zero-order chi connectivity index (χ0) is 27.7. The number of thiol groups is 1. The maximum Gasteiger partial charge on any atom is 0.186 e. The number of carbonyl (C=O) groups is 2. The molecule has 1 aromatic carbocycles. The number of rotatable bonds is 11. The summed E-state index contributed by atoms with van der Waals surface area (Å²) in [6, 6.07) is 5.50. The van der Waals surface area contributed by atoms with E-state index in [1.807, 2.05) is 51.1 Å². The summed E-state index contributed by atoms with van der Waals surface area (Å²) in [7, 11) is 2.49. The summed E-state index contributed by atoms with van der Waals surface area (Å²) in [5.74, 6) is 1.21. The molecule has 0 aliphatic heterocycles. The highest BCUT2D eigenvalue weighted by Gasteiger charge is 2.16. The molecular weight excluding hydrogens is 507 g/mol. The number of carbonyl (C=O) groups excluding carboxylic acids is 2. The molecule has 0 aliphatic rings. The van der Waals surface area contributed by atoms with Crippen LogP contribution in [0.15, 0.2) is 78.4 Å². The van der Waals surface area contributed by atoms with E-state index < -0.39 is 7.92 Å². The first-order chi connectivity index (χ1) is 17.3. The van der Waals surface area contributed by atoms with Gasteiger partial charge in [0.2, 0.25) is 0 Å². The van der Waals surface area contributed by atoms with Gasteiger partial charge in [0.05, 0.1) is 44.3 Å². The lowest BCUT2D eigenvalue weighted by Gasteiger charge is -2.06. The zero-order valence-electron chi connectivity index (χ0n) is 22.5. The molecule has 1 aromatic heterocycles. The van der Waals surface area contributed by atoms with Crippen molar-refractivity contribution < 1.29 is 19.1 Å². The van der Waals surface area contributed by atoms with Crippen LogP contribution >= 0.6 is 31.9 Å². The fourth-order valence-electron chi connectivity index (χ4n) is 3.11. The van der Waals surface area contributed by atoms with E-state index in [1.165, 1.54) is 22.0 Å². The van der Waals surface area contributed by atoms with E-state index in [2.05, 4.69) is 63.7 Å². The minimum atomic E-state index is -0.647. The number of ether oxygens (including phenoxy) is 2. The third-order valence-corrected chi connectivity index (χ3v) is 8.82. The number of hydrogen-bond donors (Lipinski definition) is 1. The van der Waals surface area contributed by atoms with Crippen LogP contribution < -0.4 is 9.47 Å². The number of hydrogen-bond acceptors (Lipinski definition) is 5. The lowest BCUT2D eigenvalue weighted by atomic mass is 10.1. The van der Waals surface area contributed by atoms with E-state index in [0.29, 0.717) is 16.4 Å². The van der Waals surface area contributed by atoms with Crippen molar-refractivity contribution in [1.82, 2.24) is 0 Å². The number of Topliss-reactive ketones (excluding diaryl/α,β-unsaturated/α-hetero) is 1. The van der Waals surface area contributed by atoms with Gasteiger partial charge in [-0.2, -0.15) is 0 Å². The van der Waals surface area contributed by atoms with Gasteiger partial charge >= 0.3 is 0 Å². The van der Waals surface area contributed by atoms with E-state index in [4.69, 9.17) is 9.47 Å². The van der Waals surface area contributed by atoms with E-state index in [9.17, 15) is 9.59 Å². The molecule has 0 spiro atoms. The summed E-state index contributed by atoms with van der Waals surface area (Å²) in [4.78, 5) is 23.4. The first-order valence-electron chi connectivity index (χ1n) is 11.7. The fourth-order valence-corrected chi connectivity index (χ4v) is 6.12. The van der Waals surface area contributed by atoms with Gasteiger partial charge in [-0.1, -0.05) is 39.2 Å². The molecule has 2 rings (SSSR count). The number of allylic oxidation sites excluding steroid dienone is 8. The summed E-state index contributed by atoms with van der Waals surface area (Å²) < 4.78 is 11.4. The van der Waals surface area contributed by atoms with Crippen LogP contribution in [0, 0.1) is 0 Å². The standard InChI is InChI=1S/C14H14O4S2.C13H19P.C2H6/c1-17-10-5-8-6-13(9(15)3-4-14(16)19)20-12(8)7-11(10)18-2;1-6-10-13(11-7-2)14(5)12(8-3)9-4;1-2/h5-7H,3-4H2,1-2H3,(H,16,19);6-11H,1,3H2,2,4-5H3;1-2H3/p+1/b;11-7-,12-9+,13-10+;. The molecule has 0 saturated carbocycles. The van der Waals surface area contributed by atoms with Gasteiger partial charge in [-0.05, 0) is 55.7 Å². The second-order valence-electron chi connectivity index (χ2n) is 7.10. The van der Waals surface area contributed by atoms with Crippen LogP contribution in [0.25, 0.3) is 10.1 Å². The largest absolute Gasteiger partial charge is 0.493 e. The molecular formula is C29H40O4PS2+.